The van der Waals surface area contributed by atoms with Crippen LogP contribution in [-0.2, 0) is 0 Å². The van der Waals surface area contributed by atoms with Crippen molar-refractivity contribution < 1.29 is 9.47 Å². The molecule has 0 saturated carbocycles. The molecule has 1 saturated heterocycles. The molecule has 3 N–H and O–H groups in total. The molecule has 2 aromatic carbocycles. The second kappa shape index (κ2) is 20.4. The second-order valence-corrected chi connectivity index (χ2v) is 12.7. The number of amidine groups is 1. The minimum atomic E-state index is 0.770. The van der Waals surface area contributed by atoms with Crippen molar-refractivity contribution in [3.05, 3.63) is 94.7 Å². The van der Waals surface area contributed by atoms with Crippen LogP contribution >= 0.6 is 11.8 Å². The Balaban J connectivity index is 0.00000307. The van der Waals surface area contributed by atoms with Gasteiger partial charge in [-0.25, -0.2) is 10.0 Å². The lowest BCUT2D eigenvalue weighted by molar-refractivity contribution is 0.416. The summed E-state index contributed by atoms with van der Waals surface area (Å²) in [4.78, 5) is 4.89. The van der Waals surface area contributed by atoms with Crippen LogP contribution in [0.3, 0.4) is 0 Å². The Morgan fingerprint density at radius 2 is 1.88 bits per heavy atom. The van der Waals surface area contributed by atoms with Gasteiger partial charge in [0.15, 0.2) is 0 Å². The Hall–Kier alpha value is -3.95. The van der Waals surface area contributed by atoms with E-state index in [0.29, 0.717) is 0 Å². The maximum atomic E-state index is 6.37. The van der Waals surface area contributed by atoms with Gasteiger partial charge in [-0.1, -0.05) is 40.2 Å². The van der Waals surface area contributed by atoms with Crippen molar-refractivity contribution in [3.8, 4) is 11.5 Å². The molecule has 0 aromatic heterocycles. The van der Waals surface area contributed by atoms with E-state index in [1.807, 2.05) is 74.2 Å². The number of hydrogen-bond acceptors (Lipinski definition) is 8. The highest BCUT2D eigenvalue weighted by Crippen LogP contribution is 2.31. The van der Waals surface area contributed by atoms with Gasteiger partial charge in [0.2, 0.25) is 0 Å². The number of allylic oxidation sites excluding steroid dienone is 4. The largest absolute Gasteiger partial charge is 0.495 e. The third-order valence-electron chi connectivity index (χ3n) is 7.74. The highest BCUT2D eigenvalue weighted by atomic mass is 32.2. The smallest absolute Gasteiger partial charge is 0.142 e. The van der Waals surface area contributed by atoms with Gasteiger partial charge in [0.1, 0.15) is 23.1 Å². The van der Waals surface area contributed by atoms with Crippen LogP contribution in [0.1, 0.15) is 77.5 Å². The predicted molar refractivity (Wildman–Crippen MR) is 209 cm³/mol. The van der Waals surface area contributed by atoms with E-state index in [2.05, 4.69) is 79.9 Å². The molecular formula is C39H56N6O2S. The van der Waals surface area contributed by atoms with E-state index in [0.717, 1.165) is 101 Å². The zero-order chi connectivity index (χ0) is 34.9. The van der Waals surface area contributed by atoms with E-state index < -0.39 is 0 Å². The van der Waals surface area contributed by atoms with Crippen molar-refractivity contribution >= 4 is 35.2 Å². The number of anilines is 2. The average Bonchev–Trinajstić information content (AvgIpc) is 3.93. The van der Waals surface area contributed by atoms with Crippen LogP contribution in [0.25, 0.3) is 0 Å². The van der Waals surface area contributed by atoms with E-state index in [-0.39, 0.29) is 0 Å². The van der Waals surface area contributed by atoms with Crippen LogP contribution in [-0.4, -0.2) is 54.8 Å². The van der Waals surface area contributed by atoms with Gasteiger partial charge in [-0.2, -0.15) is 16.9 Å². The molecule has 2 heterocycles. The lowest BCUT2D eigenvalue weighted by Crippen LogP contribution is -2.25. The highest BCUT2D eigenvalue weighted by molar-refractivity contribution is 8.06. The van der Waals surface area contributed by atoms with E-state index >= 15 is 0 Å². The Labute approximate surface area is 293 Å². The Bertz CT molecular complexity index is 1520. The minimum absolute atomic E-state index is 0.770. The molecule has 0 aliphatic carbocycles. The van der Waals surface area contributed by atoms with E-state index in [4.69, 9.17) is 14.5 Å². The number of methoxy groups -OCH3 is 1. The van der Waals surface area contributed by atoms with Gasteiger partial charge >= 0.3 is 0 Å². The number of rotatable bonds is 16. The maximum absolute atomic E-state index is 6.37. The number of aliphatic imine (C=N–C) groups is 1. The van der Waals surface area contributed by atoms with E-state index in [1.165, 1.54) is 11.3 Å². The SMILES string of the molecule is C/C=N\N1C=CC(Oc2ccc(NC(=N/C=C/CCC)c3cc(NCCNCC4CS4)c(OC)cc3C)cc2C)=CC1=C(C)CC.CC. The molecule has 2 aromatic rings. The fraction of sp³-hybridized carbons (Fsp3) is 0.436. The van der Waals surface area contributed by atoms with Crippen molar-refractivity contribution in [2.75, 3.05) is 43.1 Å². The molecule has 0 radical (unpaired) electrons. The Morgan fingerprint density at radius 1 is 1.08 bits per heavy atom. The van der Waals surface area contributed by atoms with Gasteiger partial charge < -0.3 is 25.4 Å². The third kappa shape index (κ3) is 11.6. The fourth-order valence-corrected chi connectivity index (χ4v) is 5.37. The van der Waals surface area contributed by atoms with Crippen LogP contribution in [0.15, 0.2) is 88.1 Å². The second-order valence-electron chi connectivity index (χ2n) is 11.4. The molecular weight excluding hydrogens is 617 g/mol. The first-order chi connectivity index (χ1) is 23.4. The van der Waals surface area contributed by atoms with Crippen LogP contribution < -0.4 is 25.4 Å². The number of hydrogen-bond donors (Lipinski definition) is 3. The van der Waals surface area contributed by atoms with E-state index in [9.17, 15) is 0 Å². The molecule has 9 heteroatoms. The highest BCUT2D eigenvalue weighted by Gasteiger charge is 2.21. The molecule has 4 rings (SSSR count). The summed E-state index contributed by atoms with van der Waals surface area (Å²) in [6.07, 6.45) is 14.7. The fourth-order valence-electron chi connectivity index (χ4n) is 4.88. The van der Waals surface area contributed by atoms with Gasteiger partial charge in [0, 0.05) is 66.6 Å². The topological polar surface area (TPSA) is 82.5 Å². The first-order valence-electron chi connectivity index (χ1n) is 17.3. The summed E-state index contributed by atoms with van der Waals surface area (Å²) in [5, 5.41) is 17.8. The predicted octanol–water partition coefficient (Wildman–Crippen LogP) is 9.41. The molecule has 1 unspecified atom stereocenters. The molecule has 48 heavy (non-hydrogen) atoms. The maximum Gasteiger partial charge on any atom is 0.142 e. The summed E-state index contributed by atoms with van der Waals surface area (Å²) >= 11 is 2.01. The number of nitrogens with zero attached hydrogens (tertiary/aromatic N) is 3. The van der Waals surface area contributed by atoms with E-state index in [1.54, 1.807) is 13.3 Å². The summed E-state index contributed by atoms with van der Waals surface area (Å²) in [5.74, 6) is 4.43. The summed E-state index contributed by atoms with van der Waals surface area (Å²) in [7, 11) is 1.71. The molecule has 0 bridgehead atoms. The zero-order valence-electron chi connectivity index (χ0n) is 30.4. The van der Waals surface area contributed by atoms with Crippen LogP contribution in [0.2, 0.25) is 0 Å². The first kappa shape index (κ1) is 38.5. The number of aryl methyl sites for hydroxylation is 2. The average molecular weight is 673 g/mol. The first-order valence-corrected chi connectivity index (χ1v) is 18.3. The number of benzene rings is 2. The molecule has 2 aliphatic rings. The number of thioether (sulfide) groups is 1. The standard InChI is InChI=1S/C37H50N6O2S.C2H6/c1-8-11-12-16-40-37(32-23-33(36(44-7)21-27(32)5)39-18-17-38-24-31-25-46-31)42-29-13-14-35(28(6)20-29)45-30-15-19-43(41-10-3)34(22-30)26(4)9-2;1-2/h10,12-16,19-23,31,38-39H,8-9,11,17-18,24-25H2,1-7H3,(H,40,42);1-2H3/b16-12+,34-26?,41-10-;. The van der Waals surface area contributed by atoms with Gasteiger partial charge in [-0.05, 0) is 93.6 Å². The number of ether oxygens (including phenoxy) is 2. The summed E-state index contributed by atoms with van der Waals surface area (Å²) in [5.41, 5.74) is 7.23. The number of hydrazone groups is 1. The minimum Gasteiger partial charge on any atom is -0.495 e. The molecule has 2 aliphatic heterocycles. The van der Waals surface area contributed by atoms with Crippen molar-refractivity contribution in [1.82, 2.24) is 10.3 Å². The lowest BCUT2D eigenvalue weighted by Gasteiger charge is -2.23. The Kier molecular flexibility index (Phi) is 16.4. The molecule has 1 fully saturated rings. The molecule has 0 amide bonds. The summed E-state index contributed by atoms with van der Waals surface area (Å²) in [6, 6.07) is 10.3. The summed E-state index contributed by atoms with van der Waals surface area (Å²) < 4.78 is 12.1. The van der Waals surface area contributed by atoms with Gasteiger partial charge in [0.25, 0.3) is 0 Å². The molecule has 260 valence electrons. The zero-order valence-corrected chi connectivity index (χ0v) is 31.3. The van der Waals surface area contributed by atoms with Gasteiger partial charge in [-0.3, -0.25) is 0 Å². The monoisotopic (exact) mass is 672 g/mol. The normalized spacial score (nSPS) is 16.9. The van der Waals surface area contributed by atoms with Gasteiger partial charge in [-0.15, -0.1) is 0 Å². The lowest BCUT2D eigenvalue weighted by atomic mass is 10.0. The third-order valence-corrected chi connectivity index (χ3v) is 8.71. The van der Waals surface area contributed by atoms with Crippen LogP contribution in [0, 0.1) is 13.8 Å². The number of unbranched alkanes of at least 4 members (excludes halogenated alkanes) is 1. The van der Waals surface area contributed by atoms with Crippen LogP contribution in [0.4, 0.5) is 11.4 Å². The molecule has 0 spiro atoms. The molecule has 1 atom stereocenters. The quantitative estimate of drug-likeness (QED) is 0.0709. The summed E-state index contributed by atoms with van der Waals surface area (Å²) in [6.45, 7) is 19.3. The van der Waals surface area contributed by atoms with Gasteiger partial charge in [0.05, 0.1) is 18.5 Å². The van der Waals surface area contributed by atoms with Crippen LogP contribution in [0.5, 0.6) is 11.5 Å². The van der Waals surface area contributed by atoms with Crippen molar-refractivity contribution in [2.45, 2.75) is 79.9 Å². The van der Waals surface area contributed by atoms with Crippen molar-refractivity contribution in [2.24, 2.45) is 10.1 Å². The molecule has 8 nitrogen and oxygen atoms in total. The Morgan fingerprint density at radius 3 is 2.54 bits per heavy atom. The van der Waals surface area contributed by atoms with Crippen molar-refractivity contribution in [1.29, 1.82) is 0 Å². The van der Waals surface area contributed by atoms with Crippen molar-refractivity contribution in [3.63, 3.8) is 0 Å². The number of nitrogens with one attached hydrogen (secondary N) is 3.